The van der Waals surface area contributed by atoms with E-state index < -0.39 is 29.6 Å². The monoisotopic (exact) mass is 540 g/mol. The zero-order chi connectivity index (χ0) is 27.3. The number of alkyl halides is 1. The zero-order valence-electron chi connectivity index (χ0n) is 20.3. The summed E-state index contributed by atoms with van der Waals surface area (Å²) in [6.07, 6.45) is -0.762. The first-order valence-corrected chi connectivity index (χ1v) is 12.1. The maximum Gasteiger partial charge on any atom is 0.407 e. The lowest BCUT2D eigenvalue weighted by Crippen LogP contribution is -2.37. The first kappa shape index (κ1) is 28.1. The number of benzene rings is 3. The fourth-order valence-electron chi connectivity index (χ4n) is 3.33. The van der Waals surface area contributed by atoms with Gasteiger partial charge in [0.1, 0.15) is 19.0 Å². The van der Waals surface area contributed by atoms with Crippen molar-refractivity contribution in [2.45, 2.75) is 13.2 Å². The molecule has 11 heteroatoms. The van der Waals surface area contributed by atoms with Gasteiger partial charge in [0.05, 0.1) is 5.56 Å². The number of ether oxygens (including phenoxy) is 1. The molecule has 3 aromatic rings. The van der Waals surface area contributed by atoms with Gasteiger partial charge in [0, 0.05) is 30.2 Å². The van der Waals surface area contributed by atoms with Gasteiger partial charge in [-0.2, -0.15) is 0 Å². The highest BCUT2D eigenvalue weighted by molar-refractivity contribution is 6.18. The molecule has 0 fully saturated rings. The van der Waals surface area contributed by atoms with Gasteiger partial charge in [-0.1, -0.05) is 48.5 Å². The summed E-state index contributed by atoms with van der Waals surface area (Å²) in [5.74, 6) is -1.64. The van der Waals surface area contributed by atoms with Crippen LogP contribution in [0.5, 0.6) is 0 Å². The number of halogens is 2. The largest absolute Gasteiger partial charge is 0.445 e. The first-order chi connectivity index (χ1) is 18.4. The molecule has 0 aromatic heterocycles. The Labute approximate surface area is 223 Å². The van der Waals surface area contributed by atoms with E-state index in [4.69, 9.17) is 16.3 Å². The van der Waals surface area contributed by atoms with Gasteiger partial charge >= 0.3 is 12.1 Å². The van der Waals surface area contributed by atoms with E-state index in [1.807, 2.05) is 18.2 Å². The predicted molar refractivity (Wildman–Crippen MR) is 140 cm³/mol. The summed E-state index contributed by atoms with van der Waals surface area (Å²) < 4.78 is 19.4. The molecule has 0 atom stereocenters. The van der Waals surface area contributed by atoms with Crippen LogP contribution >= 0.6 is 11.6 Å². The molecule has 9 nitrogen and oxygen atoms in total. The van der Waals surface area contributed by atoms with E-state index in [2.05, 4.69) is 21.3 Å². The number of nitrogens with one attached hydrogen (secondary N) is 4. The molecule has 0 radical (unpaired) electrons. The van der Waals surface area contributed by atoms with Crippen molar-refractivity contribution < 1.29 is 28.3 Å². The van der Waals surface area contributed by atoms with Crippen LogP contribution in [0.2, 0.25) is 0 Å². The highest BCUT2D eigenvalue weighted by Crippen LogP contribution is 2.21. The molecule has 0 aliphatic carbocycles. The van der Waals surface area contributed by atoms with Gasteiger partial charge < -0.3 is 26.0 Å². The quantitative estimate of drug-likeness (QED) is 0.216. The van der Waals surface area contributed by atoms with E-state index in [0.29, 0.717) is 5.56 Å². The number of amides is 4. The number of anilines is 1. The average Bonchev–Trinajstić information content (AvgIpc) is 2.93. The molecule has 3 aromatic carbocycles. The van der Waals surface area contributed by atoms with Crippen LogP contribution < -0.4 is 21.3 Å². The topological polar surface area (TPSA) is 126 Å². The van der Waals surface area contributed by atoms with Crippen LogP contribution in [-0.4, -0.2) is 42.8 Å². The van der Waals surface area contributed by atoms with Crippen molar-refractivity contribution in [3.8, 4) is 0 Å². The van der Waals surface area contributed by atoms with Gasteiger partial charge in [-0.15, -0.1) is 11.6 Å². The molecular weight excluding hydrogens is 515 g/mol. The van der Waals surface area contributed by atoms with Crippen LogP contribution in [0.1, 0.15) is 27.0 Å². The summed E-state index contributed by atoms with van der Waals surface area (Å²) in [4.78, 5) is 49.4. The normalized spacial score (nSPS) is 10.3. The Balaban J connectivity index is 1.64. The lowest BCUT2D eigenvalue weighted by atomic mass is 9.97. The van der Waals surface area contributed by atoms with Crippen LogP contribution in [0.15, 0.2) is 72.8 Å². The molecule has 4 amide bonds. The fourth-order valence-corrected chi connectivity index (χ4v) is 3.42. The molecule has 38 heavy (non-hydrogen) atoms. The first-order valence-electron chi connectivity index (χ1n) is 11.6. The van der Waals surface area contributed by atoms with Crippen molar-refractivity contribution in [2.75, 3.05) is 24.3 Å². The van der Waals surface area contributed by atoms with Gasteiger partial charge in [-0.25, -0.2) is 14.0 Å². The number of carbonyl (C=O) groups excluding carboxylic acids is 4. The van der Waals surface area contributed by atoms with E-state index in [9.17, 15) is 23.6 Å². The summed E-state index contributed by atoms with van der Waals surface area (Å²) >= 11 is 5.57. The van der Waals surface area contributed by atoms with Crippen molar-refractivity contribution >= 4 is 41.1 Å². The number of rotatable bonds is 11. The number of hydrogen-bond acceptors (Lipinski definition) is 5. The zero-order valence-corrected chi connectivity index (χ0v) is 21.0. The molecule has 4 N–H and O–H groups in total. The molecule has 0 unspecified atom stereocenters. The summed E-state index contributed by atoms with van der Waals surface area (Å²) in [6.45, 7) is -0.148. The Hall–Kier alpha value is -4.44. The Kier molecular flexibility index (Phi) is 10.6. The predicted octanol–water partition coefficient (Wildman–Crippen LogP) is 3.96. The standard InChI is InChI=1S/C27H26ClFN4O5/c28-12-13-30-26(36)33-20-11-10-19(22(14-20)25(35)21-8-4-5-9-23(21)29)15-31-24(34)16-32-27(37)38-17-18-6-2-1-3-7-18/h1-11,14H,12-13,15-17H2,(H,31,34)(H,32,37)(H2,30,33,36). The minimum atomic E-state index is -0.762. The number of urea groups is 1. The van der Waals surface area contributed by atoms with E-state index in [1.54, 1.807) is 18.2 Å². The van der Waals surface area contributed by atoms with Crippen LogP contribution in [0.25, 0.3) is 0 Å². The van der Waals surface area contributed by atoms with Crippen LogP contribution in [0.3, 0.4) is 0 Å². The van der Waals surface area contributed by atoms with Crippen molar-refractivity contribution in [1.82, 2.24) is 16.0 Å². The molecule has 3 rings (SSSR count). The maximum atomic E-state index is 14.3. The molecule has 0 aliphatic heterocycles. The minimum absolute atomic E-state index is 0.0556. The summed E-state index contributed by atoms with van der Waals surface area (Å²) in [7, 11) is 0. The summed E-state index contributed by atoms with van der Waals surface area (Å²) in [6, 6.07) is 18.5. The van der Waals surface area contributed by atoms with Gasteiger partial charge in [0.2, 0.25) is 5.91 Å². The maximum absolute atomic E-state index is 14.3. The fraction of sp³-hybridized carbons (Fsp3) is 0.185. The Bertz CT molecular complexity index is 1290. The van der Waals surface area contributed by atoms with E-state index in [1.165, 1.54) is 36.4 Å². The minimum Gasteiger partial charge on any atom is -0.445 e. The van der Waals surface area contributed by atoms with Crippen LogP contribution in [0.4, 0.5) is 19.7 Å². The van der Waals surface area contributed by atoms with Crippen molar-refractivity contribution in [3.63, 3.8) is 0 Å². The van der Waals surface area contributed by atoms with E-state index in [-0.39, 0.29) is 48.9 Å². The van der Waals surface area contributed by atoms with E-state index >= 15 is 0 Å². The average molecular weight is 541 g/mol. The third kappa shape index (κ3) is 8.59. The summed E-state index contributed by atoms with van der Waals surface area (Å²) in [5, 5.41) is 10.1. The Morgan fingerprint density at radius 2 is 1.58 bits per heavy atom. The van der Waals surface area contributed by atoms with E-state index in [0.717, 1.165) is 5.56 Å². The molecule has 0 saturated heterocycles. The lowest BCUT2D eigenvalue weighted by molar-refractivity contribution is -0.120. The molecule has 0 saturated carbocycles. The van der Waals surface area contributed by atoms with Crippen molar-refractivity contribution in [1.29, 1.82) is 0 Å². The third-order valence-corrected chi connectivity index (χ3v) is 5.38. The molecule has 0 bridgehead atoms. The Morgan fingerprint density at radius 3 is 2.32 bits per heavy atom. The number of ketones is 1. The van der Waals surface area contributed by atoms with Crippen LogP contribution in [0, 0.1) is 5.82 Å². The van der Waals surface area contributed by atoms with Crippen LogP contribution in [-0.2, 0) is 22.7 Å². The second-order valence-electron chi connectivity index (χ2n) is 7.94. The smallest absolute Gasteiger partial charge is 0.407 e. The Morgan fingerprint density at radius 1 is 0.842 bits per heavy atom. The summed E-state index contributed by atoms with van der Waals surface area (Å²) in [5.41, 5.74) is 1.39. The highest BCUT2D eigenvalue weighted by atomic mass is 35.5. The molecule has 198 valence electrons. The number of carbonyl (C=O) groups is 4. The third-order valence-electron chi connectivity index (χ3n) is 5.19. The highest BCUT2D eigenvalue weighted by Gasteiger charge is 2.19. The molecule has 0 aliphatic rings. The van der Waals surface area contributed by atoms with Crippen molar-refractivity contribution in [2.24, 2.45) is 0 Å². The second kappa shape index (κ2) is 14.3. The SMILES string of the molecule is O=C(CNC(=O)OCc1ccccc1)NCc1ccc(NC(=O)NCCCl)cc1C(=O)c1ccccc1F. The number of hydrogen-bond donors (Lipinski definition) is 4. The van der Waals surface area contributed by atoms with Gasteiger partial charge in [0.15, 0.2) is 5.78 Å². The molecule has 0 heterocycles. The second-order valence-corrected chi connectivity index (χ2v) is 8.32. The van der Waals surface area contributed by atoms with Gasteiger partial charge in [-0.3, -0.25) is 9.59 Å². The van der Waals surface area contributed by atoms with Gasteiger partial charge in [-0.05, 0) is 35.4 Å². The molecular formula is C27H26ClFN4O5. The van der Waals surface area contributed by atoms with Gasteiger partial charge in [0.25, 0.3) is 0 Å². The lowest BCUT2D eigenvalue weighted by Gasteiger charge is -2.14. The molecule has 0 spiro atoms. The number of alkyl carbamates (subject to hydrolysis) is 1. The van der Waals surface area contributed by atoms with Crippen molar-refractivity contribution in [3.05, 3.63) is 101 Å².